The predicted octanol–water partition coefficient (Wildman–Crippen LogP) is 2.44. The molecule has 3 rings (SSSR count). The van der Waals surface area contributed by atoms with Gasteiger partial charge in [-0.3, -0.25) is 4.79 Å². The Labute approximate surface area is 165 Å². The maximum Gasteiger partial charge on any atom is 0.407 e. The number of nitrogens with zero attached hydrogens (tertiary/aromatic N) is 1. The first-order valence-electron chi connectivity index (χ1n) is 8.72. The van der Waals surface area contributed by atoms with Gasteiger partial charge in [0.25, 0.3) is 0 Å². The first kappa shape index (κ1) is 19.7. The standard InChI is InChI=1S/C19H19N3O5S/c20-10-15-14-3-2-13(27-19(25)21-6-7-23)9-16(14)28-18(15)22-17(24)4-1-12-5-8-26-11-12/h1,4-5,8,11,13,23H,2-3,6-7,9H2,(H,21,25)(H,22,24). The number of thiophene rings is 1. The summed E-state index contributed by atoms with van der Waals surface area (Å²) in [6.45, 7) is -0.0185. The van der Waals surface area contributed by atoms with Crippen molar-refractivity contribution >= 4 is 34.4 Å². The number of aliphatic hydroxyl groups excluding tert-OH is 1. The van der Waals surface area contributed by atoms with Crippen LogP contribution in [-0.2, 0) is 22.4 Å². The van der Waals surface area contributed by atoms with Crippen LogP contribution < -0.4 is 10.6 Å². The smallest absolute Gasteiger partial charge is 0.407 e. The van der Waals surface area contributed by atoms with Gasteiger partial charge in [-0.25, -0.2) is 4.79 Å². The van der Waals surface area contributed by atoms with Gasteiger partial charge in [0.2, 0.25) is 5.91 Å². The number of furan rings is 1. The molecule has 9 heteroatoms. The van der Waals surface area contributed by atoms with E-state index in [0.29, 0.717) is 29.8 Å². The molecule has 1 aliphatic carbocycles. The topological polar surface area (TPSA) is 125 Å². The second-order valence-electron chi connectivity index (χ2n) is 6.12. The molecule has 0 saturated heterocycles. The summed E-state index contributed by atoms with van der Waals surface area (Å²) in [6, 6.07) is 3.90. The zero-order valence-electron chi connectivity index (χ0n) is 14.9. The quantitative estimate of drug-likeness (QED) is 0.639. The van der Waals surface area contributed by atoms with Crippen LogP contribution in [0, 0.1) is 11.3 Å². The van der Waals surface area contributed by atoms with Crippen LogP contribution in [0.5, 0.6) is 0 Å². The average Bonchev–Trinajstić information content (AvgIpc) is 3.31. The Morgan fingerprint density at radius 3 is 3.07 bits per heavy atom. The second kappa shape index (κ2) is 9.21. The lowest BCUT2D eigenvalue weighted by Gasteiger charge is -2.22. The number of carbonyl (C=O) groups is 2. The number of anilines is 1. The van der Waals surface area contributed by atoms with Gasteiger partial charge in [-0.1, -0.05) is 0 Å². The molecule has 3 N–H and O–H groups in total. The normalized spacial score (nSPS) is 15.6. The lowest BCUT2D eigenvalue weighted by Crippen LogP contribution is -2.33. The lowest BCUT2D eigenvalue weighted by atomic mass is 9.94. The van der Waals surface area contributed by atoms with Crippen molar-refractivity contribution < 1.29 is 23.8 Å². The Morgan fingerprint density at radius 1 is 1.50 bits per heavy atom. The first-order chi connectivity index (χ1) is 13.6. The molecule has 0 radical (unpaired) electrons. The minimum atomic E-state index is -0.572. The summed E-state index contributed by atoms with van der Waals surface area (Å²) in [5.41, 5.74) is 2.13. The highest BCUT2D eigenvalue weighted by molar-refractivity contribution is 7.16. The highest BCUT2D eigenvalue weighted by Gasteiger charge is 2.28. The number of nitrogens with one attached hydrogen (secondary N) is 2. The third kappa shape index (κ3) is 4.79. The predicted molar refractivity (Wildman–Crippen MR) is 103 cm³/mol. The van der Waals surface area contributed by atoms with Crippen molar-refractivity contribution in [2.45, 2.75) is 25.4 Å². The van der Waals surface area contributed by atoms with E-state index in [4.69, 9.17) is 14.3 Å². The van der Waals surface area contributed by atoms with E-state index in [0.717, 1.165) is 16.0 Å². The molecule has 0 bridgehead atoms. The number of fused-ring (bicyclic) bond motifs is 1. The molecular weight excluding hydrogens is 382 g/mol. The van der Waals surface area contributed by atoms with Crippen molar-refractivity contribution in [2.24, 2.45) is 0 Å². The number of amides is 2. The highest BCUT2D eigenvalue weighted by Crippen LogP contribution is 2.38. The van der Waals surface area contributed by atoms with E-state index < -0.39 is 6.09 Å². The van der Waals surface area contributed by atoms with Gasteiger partial charge in [0.1, 0.15) is 17.2 Å². The number of aliphatic hydroxyl groups is 1. The van der Waals surface area contributed by atoms with Crippen LogP contribution in [-0.4, -0.2) is 36.4 Å². The van der Waals surface area contributed by atoms with E-state index in [1.54, 1.807) is 12.1 Å². The summed E-state index contributed by atoms with van der Waals surface area (Å²) in [6.07, 6.45) is 6.83. The van der Waals surface area contributed by atoms with E-state index in [1.807, 2.05) is 0 Å². The fourth-order valence-electron chi connectivity index (χ4n) is 2.91. The van der Waals surface area contributed by atoms with Gasteiger partial charge in [-0.15, -0.1) is 11.3 Å². The summed E-state index contributed by atoms with van der Waals surface area (Å²) in [4.78, 5) is 24.8. The van der Waals surface area contributed by atoms with E-state index in [-0.39, 0.29) is 25.2 Å². The van der Waals surface area contributed by atoms with Crippen LogP contribution >= 0.6 is 11.3 Å². The van der Waals surface area contributed by atoms with Gasteiger partial charge in [-0.2, -0.15) is 5.26 Å². The fraction of sp³-hybridized carbons (Fsp3) is 0.316. The number of alkyl carbamates (subject to hydrolysis) is 1. The third-order valence-corrected chi connectivity index (χ3v) is 5.36. The maximum atomic E-state index is 12.2. The second-order valence-corrected chi connectivity index (χ2v) is 7.22. The van der Waals surface area contributed by atoms with E-state index in [1.165, 1.54) is 29.9 Å². The van der Waals surface area contributed by atoms with Gasteiger partial charge >= 0.3 is 6.09 Å². The number of rotatable bonds is 6. The van der Waals surface area contributed by atoms with Crippen molar-refractivity contribution in [1.29, 1.82) is 5.26 Å². The van der Waals surface area contributed by atoms with Gasteiger partial charge in [0, 0.05) is 29.5 Å². The number of hydrogen-bond acceptors (Lipinski definition) is 7. The zero-order valence-corrected chi connectivity index (χ0v) is 15.8. The molecule has 0 aliphatic heterocycles. The molecule has 28 heavy (non-hydrogen) atoms. The van der Waals surface area contributed by atoms with E-state index >= 15 is 0 Å². The number of ether oxygens (including phenoxy) is 1. The van der Waals surface area contributed by atoms with Gasteiger partial charge in [0.15, 0.2) is 0 Å². The molecule has 0 spiro atoms. The van der Waals surface area contributed by atoms with Crippen molar-refractivity contribution in [3.05, 3.63) is 46.2 Å². The molecule has 0 aromatic carbocycles. The van der Waals surface area contributed by atoms with Gasteiger partial charge in [-0.05, 0) is 30.5 Å². The van der Waals surface area contributed by atoms with Crippen LogP contribution in [0.1, 0.15) is 28.0 Å². The minimum absolute atomic E-state index is 0.136. The number of carbonyl (C=O) groups excluding carboxylic acids is 2. The van der Waals surface area contributed by atoms with Gasteiger partial charge < -0.3 is 24.9 Å². The first-order valence-corrected chi connectivity index (χ1v) is 9.53. The van der Waals surface area contributed by atoms with E-state index in [9.17, 15) is 14.9 Å². The highest BCUT2D eigenvalue weighted by atomic mass is 32.1. The summed E-state index contributed by atoms with van der Waals surface area (Å²) in [5.74, 6) is -0.340. The average molecular weight is 401 g/mol. The summed E-state index contributed by atoms with van der Waals surface area (Å²) in [5, 5.41) is 24.0. The molecule has 2 aromatic heterocycles. The van der Waals surface area contributed by atoms with E-state index in [2.05, 4.69) is 16.7 Å². The third-order valence-electron chi connectivity index (χ3n) is 4.19. The van der Waals surface area contributed by atoms with Crippen LogP contribution in [0.4, 0.5) is 9.80 Å². The van der Waals surface area contributed by atoms with Crippen molar-refractivity contribution in [3.8, 4) is 6.07 Å². The van der Waals surface area contributed by atoms with Crippen molar-refractivity contribution in [2.75, 3.05) is 18.5 Å². The molecule has 146 valence electrons. The molecular formula is C19H19N3O5S. The van der Waals surface area contributed by atoms with Crippen molar-refractivity contribution in [1.82, 2.24) is 5.32 Å². The Morgan fingerprint density at radius 2 is 2.36 bits per heavy atom. The fourth-order valence-corrected chi connectivity index (χ4v) is 4.17. The lowest BCUT2D eigenvalue weighted by molar-refractivity contribution is -0.111. The molecule has 2 heterocycles. The molecule has 2 amide bonds. The Bertz CT molecular complexity index is 911. The Balaban J connectivity index is 1.66. The molecule has 1 unspecified atom stereocenters. The Kier molecular flexibility index (Phi) is 6.47. The summed E-state index contributed by atoms with van der Waals surface area (Å²) < 4.78 is 10.3. The monoisotopic (exact) mass is 401 g/mol. The molecule has 0 fully saturated rings. The molecule has 1 atom stereocenters. The SMILES string of the molecule is N#Cc1c(NC(=O)C=Cc2ccoc2)sc2c1CCC(OC(=O)NCCO)C2. The number of nitriles is 1. The summed E-state index contributed by atoms with van der Waals surface area (Å²) >= 11 is 1.33. The molecule has 1 aliphatic rings. The Hall–Kier alpha value is -3.09. The zero-order chi connectivity index (χ0) is 19.9. The van der Waals surface area contributed by atoms with Crippen LogP contribution in [0.2, 0.25) is 0 Å². The van der Waals surface area contributed by atoms with Crippen LogP contribution in [0.15, 0.2) is 29.1 Å². The van der Waals surface area contributed by atoms with Gasteiger partial charge in [0.05, 0.1) is 24.7 Å². The largest absolute Gasteiger partial charge is 0.472 e. The minimum Gasteiger partial charge on any atom is -0.472 e. The molecule has 2 aromatic rings. The van der Waals surface area contributed by atoms with Crippen LogP contribution in [0.25, 0.3) is 6.08 Å². The summed E-state index contributed by atoms with van der Waals surface area (Å²) in [7, 11) is 0. The van der Waals surface area contributed by atoms with Crippen LogP contribution in [0.3, 0.4) is 0 Å². The number of hydrogen-bond donors (Lipinski definition) is 3. The van der Waals surface area contributed by atoms with Crippen molar-refractivity contribution in [3.63, 3.8) is 0 Å². The molecule has 8 nitrogen and oxygen atoms in total. The molecule has 0 saturated carbocycles. The maximum absolute atomic E-state index is 12.2.